The van der Waals surface area contributed by atoms with E-state index in [0.29, 0.717) is 28.6 Å². The fourth-order valence-corrected chi connectivity index (χ4v) is 2.13. The number of halogens is 1. The molecule has 0 aliphatic carbocycles. The van der Waals surface area contributed by atoms with E-state index in [1.165, 1.54) is 7.11 Å². The molecule has 0 saturated carbocycles. The number of carbonyl (C=O) groups excluding carboxylic acids is 1. The van der Waals surface area contributed by atoms with E-state index in [4.69, 9.17) is 21.1 Å². The zero-order chi connectivity index (χ0) is 15.2. The lowest BCUT2D eigenvalue weighted by Crippen LogP contribution is -2.23. The Kier molecular flexibility index (Phi) is 5.06. The largest absolute Gasteiger partial charge is 0.497 e. The number of carbonyl (C=O) groups is 1. The normalized spacial score (nSPS) is 10.0. The first-order valence-corrected chi connectivity index (χ1v) is 6.76. The van der Waals surface area contributed by atoms with E-state index in [1.54, 1.807) is 31.4 Å². The standard InChI is InChI=1S/C16H16ClNO3/c1-20-13-6-7-15(21-2)14(9-13)16(19)18-10-11-4-3-5-12(17)8-11/h3-9H,10H2,1-2H3,(H,18,19). The molecule has 0 aromatic heterocycles. The Morgan fingerprint density at radius 2 is 1.95 bits per heavy atom. The molecule has 21 heavy (non-hydrogen) atoms. The minimum Gasteiger partial charge on any atom is -0.497 e. The van der Waals surface area contributed by atoms with Gasteiger partial charge in [0.2, 0.25) is 0 Å². The molecule has 0 spiro atoms. The number of benzene rings is 2. The van der Waals surface area contributed by atoms with Crippen LogP contribution in [0.15, 0.2) is 42.5 Å². The Morgan fingerprint density at radius 3 is 2.62 bits per heavy atom. The molecule has 0 saturated heterocycles. The predicted molar refractivity (Wildman–Crippen MR) is 82.2 cm³/mol. The van der Waals surface area contributed by atoms with Crippen LogP contribution in [0.2, 0.25) is 5.02 Å². The Balaban J connectivity index is 2.12. The van der Waals surface area contributed by atoms with Crippen LogP contribution in [0, 0.1) is 0 Å². The van der Waals surface area contributed by atoms with Gasteiger partial charge in [-0.15, -0.1) is 0 Å². The monoisotopic (exact) mass is 305 g/mol. The van der Waals surface area contributed by atoms with Gasteiger partial charge in [-0.3, -0.25) is 4.79 Å². The van der Waals surface area contributed by atoms with Crippen molar-refractivity contribution < 1.29 is 14.3 Å². The van der Waals surface area contributed by atoms with Gasteiger partial charge in [0, 0.05) is 11.6 Å². The molecule has 0 fully saturated rings. The maximum atomic E-state index is 12.3. The summed E-state index contributed by atoms with van der Waals surface area (Å²) in [4.78, 5) is 12.3. The molecule has 4 nitrogen and oxygen atoms in total. The van der Waals surface area contributed by atoms with Crippen LogP contribution < -0.4 is 14.8 Å². The Labute approximate surface area is 128 Å². The van der Waals surface area contributed by atoms with Crippen LogP contribution in [0.1, 0.15) is 15.9 Å². The van der Waals surface area contributed by atoms with Crippen molar-refractivity contribution in [3.63, 3.8) is 0 Å². The SMILES string of the molecule is COc1ccc(OC)c(C(=O)NCc2cccc(Cl)c2)c1. The zero-order valence-corrected chi connectivity index (χ0v) is 12.6. The fraction of sp³-hybridized carbons (Fsp3) is 0.188. The van der Waals surface area contributed by atoms with E-state index in [-0.39, 0.29) is 5.91 Å². The maximum Gasteiger partial charge on any atom is 0.255 e. The third kappa shape index (κ3) is 3.89. The van der Waals surface area contributed by atoms with Gasteiger partial charge in [-0.1, -0.05) is 23.7 Å². The number of nitrogens with one attached hydrogen (secondary N) is 1. The molecule has 0 unspecified atom stereocenters. The van der Waals surface area contributed by atoms with Gasteiger partial charge in [0.05, 0.1) is 19.8 Å². The van der Waals surface area contributed by atoms with Crippen LogP contribution in [0.5, 0.6) is 11.5 Å². The summed E-state index contributed by atoms with van der Waals surface area (Å²) in [5.74, 6) is 0.869. The molecule has 1 amide bonds. The molecule has 110 valence electrons. The van der Waals surface area contributed by atoms with Gasteiger partial charge < -0.3 is 14.8 Å². The number of methoxy groups -OCH3 is 2. The smallest absolute Gasteiger partial charge is 0.255 e. The second-order valence-corrected chi connectivity index (χ2v) is 4.82. The van der Waals surface area contributed by atoms with Crippen molar-refractivity contribution in [2.24, 2.45) is 0 Å². The summed E-state index contributed by atoms with van der Waals surface area (Å²) in [6.07, 6.45) is 0. The van der Waals surface area contributed by atoms with Gasteiger partial charge in [0.1, 0.15) is 11.5 Å². The third-order valence-electron chi connectivity index (χ3n) is 2.99. The lowest BCUT2D eigenvalue weighted by Gasteiger charge is -2.11. The van der Waals surface area contributed by atoms with Crippen molar-refractivity contribution in [1.82, 2.24) is 5.32 Å². The predicted octanol–water partition coefficient (Wildman–Crippen LogP) is 3.29. The number of rotatable bonds is 5. The molecule has 0 radical (unpaired) electrons. The third-order valence-corrected chi connectivity index (χ3v) is 3.23. The van der Waals surface area contributed by atoms with Crippen LogP contribution >= 0.6 is 11.6 Å². The molecule has 2 aromatic rings. The van der Waals surface area contributed by atoms with Crippen molar-refractivity contribution in [2.45, 2.75) is 6.54 Å². The van der Waals surface area contributed by atoms with Gasteiger partial charge in [0.25, 0.3) is 5.91 Å². The van der Waals surface area contributed by atoms with E-state index in [2.05, 4.69) is 5.32 Å². The van der Waals surface area contributed by atoms with Crippen LogP contribution in [0.25, 0.3) is 0 Å². The average Bonchev–Trinajstić information content (AvgIpc) is 2.52. The highest BCUT2D eigenvalue weighted by atomic mass is 35.5. The van der Waals surface area contributed by atoms with Crippen LogP contribution in [0.4, 0.5) is 0 Å². The van der Waals surface area contributed by atoms with E-state index >= 15 is 0 Å². The summed E-state index contributed by atoms with van der Waals surface area (Å²) in [7, 11) is 3.07. The van der Waals surface area contributed by atoms with Crippen molar-refractivity contribution >= 4 is 17.5 Å². The molecule has 5 heteroatoms. The van der Waals surface area contributed by atoms with Gasteiger partial charge in [-0.2, -0.15) is 0 Å². The lowest BCUT2D eigenvalue weighted by atomic mass is 10.1. The van der Waals surface area contributed by atoms with Crippen LogP contribution in [0.3, 0.4) is 0 Å². The fourth-order valence-electron chi connectivity index (χ4n) is 1.92. The molecule has 2 aromatic carbocycles. The average molecular weight is 306 g/mol. The molecule has 0 aliphatic rings. The van der Waals surface area contributed by atoms with E-state index in [1.807, 2.05) is 18.2 Å². The highest BCUT2D eigenvalue weighted by Gasteiger charge is 2.13. The first-order chi connectivity index (χ1) is 10.1. The summed E-state index contributed by atoms with van der Waals surface area (Å²) in [6, 6.07) is 12.4. The molecule has 0 atom stereocenters. The second-order valence-electron chi connectivity index (χ2n) is 4.38. The molecular weight excluding hydrogens is 290 g/mol. The Bertz CT molecular complexity index is 643. The van der Waals surface area contributed by atoms with Crippen LogP contribution in [-0.2, 0) is 6.54 Å². The quantitative estimate of drug-likeness (QED) is 0.922. The first-order valence-electron chi connectivity index (χ1n) is 6.38. The Morgan fingerprint density at radius 1 is 1.14 bits per heavy atom. The topological polar surface area (TPSA) is 47.6 Å². The van der Waals surface area contributed by atoms with E-state index in [9.17, 15) is 4.79 Å². The number of hydrogen-bond donors (Lipinski definition) is 1. The van der Waals surface area contributed by atoms with Crippen molar-refractivity contribution in [2.75, 3.05) is 14.2 Å². The zero-order valence-electron chi connectivity index (χ0n) is 11.9. The highest BCUT2D eigenvalue weighted by Crippen LogP contribution is 2.23. The minimum atomic E-state index is -0.231. The molecule has 1 N–H and O–H groups in total. The highest BCUT2D eigenvalue weighted by molar-refractivity contribution is 6.30. The summed E-state index contributed by atoms with van der Waals surface area (Å²) >= 11 is 5.92. The number of ether oxygens (including phenoxy) is 2. The molecule has 0 aliphatic heterocycles. The van der Waals surface area contributed by atoms with Crippen molar-refractivity contribution in [3.05, 3.63) is 58.6 Å². The summed E-state index contributed by atoms with van der Waals surface area (Å²) in [6.45, 7) is 0.389. The molecule has 2 rings (SSSR count). The van der Waals surface area contributed by atoms with E-state index in [0.717, 1.165) is 5.56 Å². The first kappa shape index (κ1) is 15.2. The lowest BCUT2D eigenvalue weighted by molar-refractivity contribution is 0.0947. The maximum absolute atomic E-state index is 12.3. The van der Waals surface area contributed by atoms with Crippen LogP contribution in [-0.4, -0.2) is 20.1 Å². The van der Waals surface area contributed by atoms with Gasteiger partial charge >= 0.3 is 0 Å². The number of amides is 1. The molecule has 0 heterocycles. The minimum absolute atomic E-state index is 0.231. The summed E-state index contributed by atoms with van der Waals surface area (Å²) in [5.41, 5.74) is 1.36. The van der Waals surface area contributed by atoms with Gasteiger partial charge in [-0.25, -0.2) is 0 Å². The van der Waals surface area contributed by atoms with E-state index < -0.39 is 0 Å². The molecule has 0 bridgehead atoms. The van der Waals surface area contributed by atoms with Crippen molar-refractivity contribution in [3.8, 4) is 11.5 Å². The summed E-state index contributed by atoms with van der Waals surface area (Å²) in [5, 5.41) is 3.47. The van der Waals surface area contributed by atoms with Gasteiger partial charge in [0.15, 0.2) is 0 Å². The number of hydrogen-bond acceptors (Lipinski definition) is 3. The Hall–Kier alpha value is -2.20. The van der Waals surface area contributed by atoms with Gasteiger partial charge in [-0.05, 0) is 35.9 Å². The van der Waals surface area contributed by atoms with Crippen molar-refractivity contribution in [1.29, 1.82) is 0 Å². The molecular formula is C16H16ClNO3. The summed E-state index contributed by atoms with van der Waals surface area (Å²) < 4.78 is 10.3. The second kappa shape index (κ2) is 6.99.